The Bertz CT molecular complexity index is 1900. The van der Waals surface area contributed by atoms with Gasteiger partial charge in [-0.1, -0.05) is 30.3 Å². The molecule has 8 nitrogen and oxygen atoms in total. The Morgan fingerprint density at radius 3 is 2.66 bits per heavy atom. The van der Waals surface area contributed by atoms with E-state index in [1.807, 2.05) is 48.5 Å². The molecule has 3 aliphatic carbocycles. The van der Waals surface area contributed by atoms with Gasteiger partial charge in [-0.25, -0.2) is 14.4 Å². The van der Waals surface area contributed by atoms with Crippen molar-refractivity contribution in [2.45, 2.75) is 37.9 Å². The first-order chi connectivity index (χ1) is 20.0. The van der Waals surface area contributed by atoms with Gasteiger partial charge < -0.3 is 19.8 Å². The number of hydrogen-bond donors (Lipinski definition) is 4. The summed E-state index contributed by atoms with van der Waals surface area (Å²) < 4.78 is 20.6. The van der Waals surface area contributed by atoms with Crippen molar-refractivity contribution < 1.29 is 18.7 Å². The smallest absolute Gasteiger partial charge is 0.308 e. The van der Waals surface area contributed by atoms with Crippen LogP contribution >= 0.6 is 0 Å². The molecule has 4 aliphatic rings. The Kier molecular flexibility index (Phi) is 5.50. The van der Waals surface area contributed by atoms with Crippen molar-refractivity contribution in [3.05, 3.63) is 83.9 Å². The molecule has 2 aromatic carbocycles. The molecule has 9 heteroatoms. The number of carboxylic acids is 1. The number of carboxylic acid groups (broad SMARTS) is 1. The molecule has 3 fully saturated rings. The molecular weight excluding hydrogens is 521 g/mol. The van der Waals surface area contributed by atoms with E-state index < -0.39 is 23.9 Å². The third-order valence-corrected chi connectivity index (χ3v) is 9.16. The minimum absolute atomic E-state index is 0.176. The van der Waals surface area contributed by atoms with Gasteiger partial charge in [0.1, 0.15) is 34.6 Å². The molecule has 3 aromatic heterocycles. The topological polar surface area (TPSA) is 116 Å². The largest absolute Gasteiger partial charge is 0.481 e. The van der Waals surface area contributed by atoms with Gasteiger partial charge in [0.2, 0.25) is 0 Å². The molecule has 3 atom stereocenters. The van der Waals surface area contributed by atoms with Crippen LogP contribution in [0.1, 0.15) is 36.8 Å². The number of aliphatic imine (C=N–C) groups is 1. The van der Waals surface area contributed by atoms with Crippen LogP contribution in [-0.4, -0.2) is 39.1 Å². The van der Waals surface area contributed by atoms with E-state index in [4.69, 9.17) is 9.41 Å². The van der Waals surface area contributed by atoms with Crippen molar-refractivity contribution in [3.8, 4) is 0 Å². The lowest BCUT2D eigenvalue weighted by atomic mass is 9.61. The fraction of sp³-hybridized carbons (Fsp3) is 0.281. The van der Waals surface area contributed by atoms with E-state index in [9.17, 15) is 14.3 Å². The van der Waals surface area contributed by atoms with Crippen molar-refractivity contribution in [1.29, 1.82) is 0 Å². The molecule has 0 spiro atoms. The number of fused-ring (bicyclic) bond motifs is 7. The molecule has 1 aliphatic heterocycles. The summed E-state index contributed by atoms with van der Waals surface area (Å²) in [6.07, 6.45) is 8.42. The highest BCUT2D eigenvalue weighted by atomic mass is 19.1. The number of H-pyrrole nitrogens is 1. The second-order valence-corrected chi connectivity index (χ2v) is 11.4. The quantitative estimate of drug-likeness (QED) is 0.220. The summed E-state index contributed by atoms with van der Waals surface area (Å²) in [4.78, 5) is 24.7. The van der Waals surface area contributed by atoms with Gasteiger partial charge in [0.15, 0.2) is 0 Å². The fourth-order valence-corrected chi connectivity index (χ4v) is 7.29. The van der Waals surface area contributed by atoms with Gasteiger partial charge in [0, 0.05) is 39.5 Å². The molecule has 0 amide bonds. The molecule has 9 rings (SSSR count). The average molecular weight is 550 g/mol. The first kappa shape index (κ1) is 24.3. The number of hydrogen-bond acceptors (Lipinski definition) is 6. The maximum atomic E-state index is 14.2. The number of nitrogens with one attached hydrogen (secondary N) is 3. The van der Waals surface area contributed by atoms with E-state index in [2.05, 4.69) is 20.6 Å². The lowest BCUT2D eigenvalue weighted by Gasteiger charge is -2.47. The fourth-order valence-electron chi connectivity index (χ4n) is 7.29. The third kappa shape index (κ3) is 3.94. The summed E-state index contributed by atoms with van der Waals surface area (Å²) in [5.41, 5.74) is 4.43. The molecule has 2 bridgehead atoms. The summed E-state index contributed by atoms with van der Waals surface area (Å²) >= 11 is 0. The number of aromatic nitrogens is 2. The van der Waals surface area contributed by atoms with E-state index >= 15 is 0 Å². The van der Waals surface area contributed by atoms with Gasteiger partial charge >= 0.3 is 5.97 Å². The summed E-state index contributed by atoms with van der Waals surface area (Å²) in [5, 5.41) is 19.9. The van der Waals surface area contributed by atoms with Gasteiger partial charge in [-0.3, -0.25) is 10.1 Å². The summed E-state index contributed by atoms with van der Waals surface area (Å²) in [6, 6.07) is 15.3. The Hall–Kier alpha value is -4.50. The van der Waals surface area contributed by atoms with Crippen LogP contribution in [0.25, 0.3) is 38.7 Å². The summed E-state index contributed by atoms with van der Waals surface area (Å²) in [7, 11) is 0. The monoisotopic (exact) mass is 549 g/mol. The Balaban J connectivity index is 1.25. The lowest BCUT2D eigenvalue weighted by Crippen LogP contribution is -2.57. The average Bonchev–Trinajstić information content (AvgIpc) is 3.58. The Labute approximate surface area is 234 Å². The zero-order valence-electron chi connectivity index (χ0n) is 22.1. The normalized spacial score (nSPS) is 25.8. The number of benzene rings is 2. The molecule has 3 saturated carbocycles. The van der Waals surface area contributed by atoms with Gasteiger partial charge in [-0.2, -0.15) is 0 Å². The van der Waals surface area contributed by atoms with Crippen LogP contribution in [-0.2, 0) is 4.79 Å². The third-order valence-electron chi connectivity index (χ3n) is 9.16. The highest BCUT2D eigenvalue weighted by Gasteiger charge is 2.47. The van der Waals surface area contributed by atoms with Crippen LogP contribution in [0.15, 0.2) is 76.4 Å². The number of carbonyl (C=O) groups is 1. The second-order valence-electron chi connectivity index (χ2n) is 11.4. The van der Waals surface area contributed by atoms with Gasteiger partial charge in [0.25, 0.3) is 0 Å². The van der Waals surface area contributed by atoms with E-state index in [0.29, 0.717) is 22.4 Å². The number of halogens is 1. The van der Waals surface area contributed by atoms with Crippen molar-refractivity contribution in [1.82, 2.24) is 20.6 Å². The molecule has 206 valence electrons. The van der Waals surface area contributed by atoms with Crippen molar-refractivity contribution in [2.75, 3.05) is 0 Å². The SMILES string of the molecule is O=C(O)C1C2CCC(CC2)C1NC1C=C(c2cccc3c2oc2ccccc23)NC(c2c[nH]c3ncc(F)cc23)=N1. The highest BCUT2D eigenvalue weighted by molar-refractivity contribution is 6.14. The highest BCUT2D eigenvalue weighted by Crippen LogP contribution is 2.45. The summed E-state index contributed by atoms with van der Waals surface area (Å²) in [5.74, 6) is -0.621. The van der Waals surface area contributed by atoms with Crippen LogP contribution in [0.3, 0.4) is 0 Å². The van der Waals surface area contributed by atoms with Crippen molar-refractivity contribution >= 4 is 50.5 Å². The number of pyridine rings is 1. The predicted molar refractivity (Wildman–Crippen MR) is 155 cm³/mol. The molecule has 4 heterocycles. The summed E-state index contributed by atoms with van der Waals surface area (Å²) in [6.45, 7) is 0. The zero-order chi connectivity index (χ0) is 27.7. The van der Waals surface area contributed by atoms with Crippen LogP contribution < -0.4 is 10.6 Å². The molecule has 4 N–H and O–H groups in total. The number of amidine groups is 1. The minimum atomic E-state index is -0.746. The van der Waals surface area contributed by atoms with Gasteiger partial charge in [0.05, 0.1) is 17.8 Å². The number of furan rings is 1. The molecule has 0 radical (unpaired) electrons. The number of aliphatic carboxylic acids is 1. The Morgan fingerprint density at radius 1 is 1.00 bits per heavy atom. The Morgan fingerprint density at radius 2 is 1.80 bits per heavy atom. The number of nitrogens with zero attached hydrogens (tertiary/aromatic N) is 2. The first-order valence-corrected chi connectivity index (χ1v) is 14.1. The number of aromatic amines is 1. The van der Waals surface area contributed by atoms with Crippen LogP contribution in [0, 0.1) is 23.6 Å². The van der Waals surface area contributed by atoms with Crippen molar-refractivity contribution in [3.63, 3.8) is 0 Å². The van der Waals surface area contributed by atoms with Crippen molar-refractivity contribution in [2.24, 2.45) is 22.7 Å². The van der Waals surface area contributed by atoms with E-state index in [1.165, 1.54) is 12.3 Å². The maximum Gasteiger partial charge on any atom is 0.308 e. The minimum Gasteiger partial charge on any atom is -0.481 e. The lowest BCUT2D eigenvalue weighted by molar-refractivity contribution is -0.149. The standard InChI is InChI=1S/C32H28FN5O3/c33-18-12-22-23(15-35-30(22)34-14-18)31-36-24(21-6-3-5-20-19-4-1-2-7-25(19)41-29(20)21)13-26(38-31)37-28-17-10-8-16(9-11-17)27(28)32(39)40/h1-7,12-17,26-28,37H,8-11H2,(H,34,35)(H,36,38)(H,39,40). The van der Waals surface area contributed by atoms with Crippen LogP contribution in [0.2, 0.25) is 0 Å². The molecular formula is C32H28FN5O3. The maximum absolute atomic E-state index is 14.2. The van der Waals surface area contributed by atoms with E-state index in [1.54, 1.807) is 6.20 Å². The van der Waals surface area contributed by atoms with Gasteiger partial charge in [-0.15, -0.1) is 0 Å². The van der Waals surface area contributed by atoms with Crippen LogP contribution in [0.5, 0.6) is 0 Å². The van der Waals surface area contributed by atoms with E-state index in [-0.39, 0.29) is 17.9 Å². The molecule has 0 saturated heterocycles. The van der Waals surface area contributed by atoms with Crippen LogP contribution in [0.4, 0.5) is 4.39 Å². The number of rotatable bonds is 5. The van der Waals surface area contributed by atoms with E-state index in [0.717, 1.165) is 58.9 Å². The first-order valence-electron chi connectivity index (χ1n) is 14.1. The molecule has 5 aromatic rings. The molecule has 41 heavy (non-hydrogen) atoms. The number of para-hydroxylation sites is 2. The van der Waals surface area contributed by atoms with Gasteiger partial charge in [-0.05, 0) is 61.8 Å². The second kappa shape index (κ2) is 9.27. The predicted octanol–water partition coefficient (Wildman–Crippen LogP) is 5.80. The zero-order valence-corrected chi connectivity index (χ0v) is 22.1. The molecule has 3 unspecified atom stereocenters.